The zero-order valence-corrected chi connectivity index (χ0v) is 16.9. The highest BCUT2D eigenvalue weighted by Crippen LogP contribution is 2.37. The number of nitrogens with zero attached hydrogens (tertiary/aromatic N) is 2. The van der Waals surface area contributed by atoms with Crippen molar-refractivity contribution in [1.82, 2.24) is 9.80 Å². The summed E-state index contributed by atoms with van der Waals surface area (Å²) in [6.07, 6.45) is 2.17. The first kappa shape index (κ1) is 18.7. The first-order valence-electron chi connectivity index (χ1n) is 9.72. The second kappa shape index (κ2) is 6.78. The quantitative estimate of drug-likeness (QED) is 0.727. The molecule has 4 rings (SSSR count). The Bertz CT molecular complexity index is 844. The summed E-state index contributed by atoms with van der Waals surface area (Å²) in [5, 5.41) is 0. The third-order valence-corrected chi connectivity index (χ3v) is 7.94. The highest BCUT2D eigenvalue weighted by molar-refractivity contribution is 7.91. The van der Waals surface area contributed by atoms with E-state index in [1.54, 1.807) is 0 Å². The van der Waals surface area contributed by atoms with E-state index in [9.17, 15) is 13.2 Å². The molecule has 3 aliphatic rings. The Morgan fingerprint density at radius 2 is 2.00 bits per heavy atom. The zero-order valence-electron chi connectivity index (χ0n) is 16.1. The van der Waals surface area contributed by atoms with Crippen LogP contribution in [-0.2, 0) is 21.2 Å². The molecule has 1 amide bonds. The van der Waals surface area contributed by atoms with Crippen molar-refractivity contribution in [2.24, 2.45) is 5.92 Å². The number of carbonyl (C=O) groups is 1. The minimum absolute atomic E-state index is 0.0143. The van der Waals surface area contributed by atoms with E-state index in [4.69, 9.17) is 4.74 Å². The van der Waals surface area contributed by atoms with Crippen LogP contribution in [0.1, 0.15) is 30.4 Å². The number of sulfone groups is 1. The highest BCUT2D eigenvalue weighted by Gasteiger charge is 2.43. The summed E-state index contributed by atoms with van der Waals surface area (Å²) >= 11 is 0. The first-order chi connectivity index (χ1) is 12.8. The van der Waals surface area contributed by atoms with Gasteiger partial charge in [-0.3, -0.25) is 4.79 Å². The van der Waals surface area contributed by atoms with Crippen molar-refractivity contribution in [3.63, 3.8) is 0 Å². The second-order valence-corrected chi connectivity index (χ2v) is 10.7. The second-order valence-electron chi connectivity index (χ2n) is 8.49. The van der Waals surface area contributed by atoms with Crippen LogP contribution < -0.4 is 4.74 Å². The van der Waals surface area contributed by atoms with Gasteiger partial charge in [-0.15, -0.1) is 0 Å². The molecule has 0 bridgehead atoms. The predicted octanol–water partition coefficient (Wildman–Crippen LogP) is 1.62. The molecule has 1 spiro atoms. The van der Waals surface area contributed by atoms with Crippen molar-refractivity contribution in [1.29, 1.82) is 0 Å². The number of rotatable bonds is 1. The van der Waals surface area contributed by atoms with Crippen molar-refractivity contribution in [3.8, 4) is 5.75 Å². The van der Waals surface area contributed by atoms with Crippen LogP contribution in [-0.4, -0.2) is 67.9 Å². The number of benzene rings is 1. The summed E-state index contributed by atoms with van der Waals surface area (Å²) in [6, 6.07) is 6.14. The van der Waals surface area contributed by atoms with Gasteiger partial charge in [-0.05, 0) is 26.5 Å². The Morgan fingerprint density at radius 3 is 2.67 bits per heavy atom. The van der Waals surface area contributed by atoms with E-state index in [1.807, 2.05) is 24.0 Å². The van der Waals surface area contributed by atoms with Gasteiger partial charge in [0.2, 0.25) is 5.91 Å². The largest absolute Gasteiger partial charge is 0.485 e. The topological polar surface area (TPSA) is 66.9 Å². The normalized spacial score (nSPS) is 27.0. The van der Waals surface area contributed by atoms with Gasteiger partial charge in [0.05, 0.1) is 24.0 Å². The van der Waals surface area contributed by atoms with Crippen molar-refractivity contribution >= 4 is 15.7 Å². The molecule has 27 heavy (non-hydrogen) atoms. The van der Waals surface area contributed by atoms with Gasteiger partial charge in [0.1, 0.15) is 11.4 Å². The fourth-order valence-electron chi connectivity index (χ4n) is 4.50. The van der Waals surface area contributed by atoms with Crippen LogP contribution in [0.15, 0.2) is 18.2 Å². The van der Waals surface area contributed by atoms with Crippen molar-refractivity contribution < 1.29 is 17.9 Å². The van der Waals surface area contributed by atoms with E-state index >= 15 is 0 Å². The van der Waals surface area contributed by atoms with E-state index in [2.05, 4.69) is 18.0 Å². The summed E-state index contributed by atoms with van der Waals surface area (Å²) in [5.74, 6) is 0.524. The molecule has 7 heteroatoms. The summed E-state index contributed by atoms with van der Waals surface area (Å²) in [7, 11) is -0.977. The maximum atomic E-state index is 13.2. The Hall–Kier alpha value is -1.60. The molecule has 2 saturated heterocycles. The van der Waals surface area contributed by atoms with Crippen LogP contribution in [0.3, 0.4) is 0 Å². The van der Waals surface area contributed by atoms with Crippen molar-refractivity contribution in [2.75, 3.05) is 38.2 Å². The lowest BCUT2D eigenvalue weighted by Gasteiger charge is -2.42. The smallest absolute Gasteiger partial charge is 0.227 e. The minimum atomic E-state index is -3.08. The highest BCUT2D eigenvalue weighted by atomic mass is 32.2. The van der Waals surface area contributed by atoms with Crippen LogP contribution in [0.4, 0.5) is 0 Å². The first-order valence-corrected chi connectivity index (χ1v) is 11.5. The van der Waals surface area contributed by atoms with Crippen LogP contribution in [0.2, 0.25) is 0 Å². The molecule has 1 atom stereocenters. The number of aryl methyl sites for hydroxylation is 1. The lowest BCUT2D eigenvalue weighted by atomic mass is 9.90. The van der Waals surface area contributed by atoms with E-state index in [-0.39, 0.29) is 23.0 Å². The van der Waals surface area contributed by atoms with Gasteiger partial charge >= 0.3 is 0 Å². The molecular formula is C20H28N2O4S. The number of fused-ring (bicyclic) bond motifs is 1. The van der Waals surface area contributed by atoms with Gasteiger partial charge in [0.15, 0.2) is 9.84 Å². The van der Waals surface area contributed by atoms with Gasteiger partial charge < -0.3 is 14.5 Å². The standard InChI is InChI=1S/C20H28N2O4S/c1-15-3-4-18-17(11-15)12-22(19(23)16-5-10-27(24,25)13-16)14-20(26-18)6-8-21(2)9-7-20/h3-4,11,16H,5-10,12-14H2,1-2H3. The molecule has 2 fully saturated rings. The number of carbonyl (C=O) groups excluding carboxylic acids is 1. The van der Waals surface area contributed by atoms with E-state index in [0.717, 1.165) is 42.8 Å². The molecule has 0 radical (unpaired) electrons. The van der Waals surface area contributed by atoms with Gasteiger partial charge in [0, 0.05) is 38.0 Å². The molecule has 1 aromatic rings. The Balaban J connectivity index is 1.65. The Labute approximate surface area is 161 Å². The molecular weight excluding hydrogens is 364 g/mol. The number of likely N-dealkylation sites (tertiary alicyclic amines) is 1. The van der Waals surface area contributed by atoms with Crippen LogP contribution in [0, 0.1) is 12.8 Å². The molecule has 0 N–H and O–H groups in total. The number of amides is 1. The molecule has 1 aromatic carbocycles. The van der Waals surface area contributed by atoms with E-state index in [1.165, 1.54) is 0 Å². The van der Waals surface area contributed by atoms with E-state index < -0.39 is 15.8 Å². The van der Waals surface area contributed by atoms with Gasteiger partial charge in [-0.1, -0.05) is 17.7 Å². The van der Waals surface area contributed by atoms with Crippen molar-refractivity contribution in [3.05, 3.63) is 29.3 Å². The number of hydrogen-bond donors (Lipinski definition) is 0. The maximum absolute atomic E-state index is 13.2. The van der Waals surface area contributed by atoms with E-state index in [0.29, 0.717) is 19.5 Å². The maximum Gasteiger partial charge on any atom is 0.227 e. The van der Waals surface area contributed by atoms with Gasteiger partial charge in [-0.25, -0.2) is 8.42 Å². The zero-order chi connectivity index (χ0) is 19.2. The molecule has 1 unspecified atom stereocenters. The number of hydrogen-bond acceptors (Lipinski definition) is 5. The molecule has 148 valence electrons. The lowest BCUT2D eigenvalue weighted by Crippen LogP contribution is -2.54. The Morgan fingerprint density at radius 1 is 1.26 bits per heavy atom. The monoisotopic (exact) mass is 392 g/mol. The van der Waals surface area contributed by atoms with Crippen molar-refractivity contribution in [2.45, 2.75) is 38.3 Å². The SMILES string of the molecule is Cc1ccc2c(c1)CN(C(=O)C1CCS(=O)(=O)C1)CC1(CCN(C)CC1)O2. The fraction of sp³-hybridized carbons (Fsp3) is 0.650. The third-order valence-electron chi connectivity index (χ3n) is 6.17. The average Bonchev–Trinajstić information content (AvgIpc) is 2.90. The molecule has 3 aliphatic heterocycles. The summed E-state index contributed by atoms with van der Waals surface area (Å²) in [6.45, 7) is 4.92. The third kappa shape index (κ3) is 3.85. The molecule has 6 nitrogen and oxygen atoms in total. The lowest BCUT2D eigenvalue weighted by molar-refractivity contribution is -0.138. The van der Waals surface area contributed by atoms with Crippen LogP contribution in [0.25, 0.3) is 0 Å². The number of piperidine rings is 1. The van der Waals surface area contributed by atoms with Crippen LogP contribution in [0.5, 0.6) is 5.75 Å². The summed E-state index contributed by atoms with van der Waals surface area (Å²) in [4.78, 5) is 17.4. The van der Waals surface area contributed by atoms with Crippen LogP contribution >= 0.6 is 0 Å². The summed E-state index contributed by atoms with van der Waals surface area (Å²) < 4.78 is 30.3. The molecule has 0 aromatic heterocycles. The number of ether oxygens (including phenoxy) is 1. The predicted molar refractivity (Wildman–Crippen MR) is 103 cm³/mol. The van der Waals surface area contributed by atoms with Gasteiger partial charge in [0.25, 0.3) is 0 Å². The molecule has 0 saturated carbocycles. The van der Waals surface area contributed by atoms with Gasteiger partial charge in [-0.2, -0.15) is 0 Å². The summed E-state index contributed by atoms with van der Waals surface area (Å²) in [5.41, 5.74) is 1.76. The average molecular weight is 393 g/mol. The minimum Gasteiger partial charge on any atom is -0.485 e. The fourth-order valence-corrected chi connectivity index (χ4v) is 6.23. The Kier molecular flexibility index (Phi) is 4.71. The molecule has 0 aliphatic carbocycles. The molecule has 3 heterocycles.